The van der Waals surface area contributed by atoms with Crippen LogP contribution in [0.5, 0.6) is 0 Å². The van der Waals surface area contributed by atoms with Crippen molar-refractivity contribution in [3.05, 3.63) is 94.3 Å². The van der Waals surface area contributed by atoms with Crippen molar-refractivity contribution in [1.29, 1.82) is 5.26 Å². The normalized spacial score (nSPS) is 13.6. The number of nitriles is 1. The number of piperazine rings is 1. The van der Waals surface area contributed by atoms with Crippen LogP contribution in [-0.4, -0.2) is 52.3 Å². The molecule has 1 aromatic carbocycles. The van der Waals surface area contributed by atoms with Crippen LogP contribution in [0.4, 0.5) is 5.69 Å². The molecule has 9 nitrogen and oxygen atoms in total. The van der Waals surface area contributed by atoms with Crippen LogP contribution in [0.3, 0.4) is 0 Å². The summed E-state index contributed by atoms with van der Waals surface area (Å²) >= 11 is 0. The van der Waals surface area contributed by atoms with Crippen LogP contribution in [0.1, 0.15) is 26.5 Å². The van der Waals surface area contributed by atoms with Gasteiger partial charge in [-0.05, 0) is 24.3 Å². The number of Topliss-reactive ketones (excluding diaryl/α,β-unsaturated/α-hetero) is 1. The number of aromatic nitrogens is 2. The maximum absolute atomic E-state index is 13.4. The maximum atomic E-state index is 13.4. The van der Waals surface area contributed by atoms with Gasteiger partial charge in [-0.2, -0.15) is 5.26 Å². The quantitative estimate of drug-likeness (QED) is 0.415. The lowest BCUT2D eigenvalue weighted by Crippen LogP contribution is -2.49. The zero-order chi connectivity index (χ0) is 24.4. The van der Waals surface area contributed by atoms with E-state index in [4.69, 9.17) is 4.42 Å². The largest absolute Gasteiger partial charge is 0.459 e. The molecule has 1 amide bonds. The number of rotatable bonds is 5. The number of carbonyl (C=O) groups excluding carboxylic acids is 2. The van der Waals surface area contributed by atoms with Crippen LogP contribution >= 0.6 is 0 Å². The first kappa shape index (κ1) is 22.1. The van der Waals surface area contributed by atoms with Gasteiger partial charge in [0.25, 0.3) is 11.5 Å². The molecule has 174 valence electrons. The van der Waals surface area contributed by atoms with E-state index in [-0.39, 0.29) is 29.6 Å². The number of ketones is 1. The Morgan fingerprint density at radius 1 is 1.00 bits per heavy atom. The van der Waals surface area contributed by atoms with E-state index >= 15 is 0 Å². The van der Waals surface area contributed by atoms with Crippen molar-refractivity contribution in [2.24, 2.45) is 0 Å². The van der Waals surface area contributed by atoms with Gasteiger partial charge in [0, 0.05) is 37.9 Å². The van der Waals surface area contributed by atoms with Crippen LogP contribution in [-0.2, 0) is 6.54 Å². The Hall–Kier alpha value is -4.71. The SMILES string of the molecule is N#Cc1c(N2CCN(C(=O)c3ccco3)CC2)c2ncccc2n(CC(=O)c2ccccc2)c1=O. The molecule has 1 fully saturated rings. The third-order valence-corrected chi connectivity index (χ3v) is 6.12. The van der Waals surface area contributed by atoms with Crippen molar-refractivity contribution >= 4 is 28.4 Å². The average Bonchev–Trinajstić information content (AvgIpc) is 3.45. The molecule has 35 heavy (non-hydrogen) atoms. The third kappa shape index (κ3) is 4.06. The summed E-state index contributed by atoms with van der Waals surface area (Å²) in [5.74, 6) is -0.165. The number of hydrogen-bond donors (Lipinski definition) is 0. The summed E-state index contributed by atoms with van der Waals surface area (Å²) in [7, 11) is 0. The molecule has 1 saturated heterocycles. The van der Waals surface area contributed by atoms with E-state index in [9.17, 15) is 19.6 Å². The van der Waals surface area contributed by atoms with Crippen molar-refractivity contribution in [3.63, 3.8) is 0 Å². The first-order valence-electron chi connectivity index (χ1n) is 11.2. The molecule has 4 aromatic rings. The van der Waals surface area contributed by atoms with Crippen molar-refractivity contribution < 1.29 is 14.0 Å². The molecule has 4 heterocycles. The van der Waals surface area contributed by atoms with Gasteiger partial charge < -0.3 is 14.2 Å². The first-order valence-corrected chi connectivity index (χ1v) is 11.2. The summed E-state index contributed by atoms with van der Waals surface area (Å²) in [4.78, 5) is 47.0. The van der Waals surface area contributed by atoms with Gasteiger partial charge in [0.05, 0.1) is 24.0 Å². The molecule has 0 radical (unpaired) electrons. The molecule has 0 spiro atoms. The van der Waals surface area contributed by atoms with Crippen molar-refractivity contribution in [3.8, 4) is 6.07 Å². The van der Waals surface area contributed by atoms with Crippen molar-refractivity contribution in [1.82, 2.24) is 14.5 Å². The highest BCUT2D eigenvalue weighted by atomic mass is 16.3. The number of fused-ring (bicyclic) bond motifs is 1. The molecule has 0 bridgehead atoms. The zero-order valence-corrected chi connectivity index (χ0v) is 18.8. The number of carbonyl (C=O) groups is 2. The van der Waals surface area contributed by atoms with Crippen LogP contribution in [0.2, 0.25) is 0 Å². The highest BCUT2D eigenvalue weighted by Crippen LogP contribution is 2.28. The number of anilines is 1. The molecule has 0 saturated carbocycles. The molecule has 1 aliphatic rings. The Kier molecular flexibility index (Phi) is 5.85. The van der Waals surface area contributed by atoms with Crippen LogP contribution < -0.4 is 10.5 Å². The molecule has 0 unspecified atom stereocenters. The highest BCUT2D eigenvalue weighted by Gasteiger charge is 2.28. The number of nitrogens with zero attached hydrogens (tertiary/aromatic N) is 5. The number of pyridine rings is 2. The topological polar surface area (TPSA) is 112 Å². The van der Waals surface area contributed by atoms with Gasteiger partial charge in [-0.1, -0.05) is 30.3 Å². The maximum Gasteiger partial charge on any atom is 0.289 e. The van der Waals surface area contributed by atoms with Gasteiger partial charge in [0.15, 0.2) is 11.5 Å². The van der Waals surface area contributed by atoms with Gasteiger partial charge in [0.1, 0.15) is 17.1 Å². The minimum Gasteiger partial charge on any atom is -0.459 e. The Labute approximate surface area is 200 Å². The standard InChI is InChI=1S/C26H21N5O4/c27-16-19-24(29-11-13-30(14-12-29)26(34)22-9-5-15-35-22)23-20(8-4-10-28-23)31(25(19)33)17-21(32)18-6-2-1-3-7-18/h1-10,15H,11-14,17H2. The summed E-state index contributed by atoms with van der Waals surface area (Å²) < 4.78 is 6.53. The molecular weight excluding hydrogens is 446 g/mol. The van der Waals surface area contributed by atoms with Gasteiger partial charge >= 0.3 is 0 Å². The molecular formula is C26H21N5O4. The fourth-order valence-electron chi connectivity index (χ4n) is 4.37. The van der Waals surface area contributed by atoms with Crippen LogP contribution in [0, 0.1) is 11.3 Å². The van der Waals surface area contributed by atoms with Crippen molar-refractivity contribution in [2.45, 2.75) is 6.54 Å². The minimum absolute atomic E-state index is 0.0668. The van der Waals surface area contributed by atoms with Crippen molar-refractivity contribution in [2.75, 3.05) is 31.1 Å². The van der Waals surface area contributed by atoms with Gasteiger partial charge in [-0.25, -0.2) is 0 Å². The monoisotopic (exact) mass is 467 g/mol. The summed E-state index contributed by atoms with van der Waals surface area (Å²) in [5.41, 5.74) is 1.25. The summed E-state index contributed by atoms with van der Waals surface area (Å²) in [6.07, 6.45) is 3.05. The number of hydrogen-bond acceptors (Lipinski definition) is 7. The van der Waals surface area contributed by atoms with E-state index in [2.05, 4.69) is 4.98 Å². The summed E-state index contributed by atoms with van der Waals surface area (Å²) in [6.45, 7) is 1.42. The van der Waals surface area contributed by atoms with E-state index in [1.807, 2.05) is 17.0 Å². The van der Waals surface area contributed by atoms with E-state index < -0.39 is 5.56 Å². The Morgan fingerprint density at radius 2 is 1.77 bits per heavy atom. The van der Waals surface area contributed by atoms with E-state index in [0.29, 0.717) is 48.5 Å². The number of furan rings is 1. The summed E-state index contributed by atoms with van der Waals surface area (Å²) in [6, 6.07) is 17.5. The second-order valence-corrected chi connectivity index (χ2v) is 8.14. The lowest BCUT2D eigenvalue weighted by Gasteiger charge is -2.36. The van der Waals surface area contributed by atoms with E-state index in [1.54, 1.807) is 59.6 Å². The Balaban J connectivity index is 1.50. The fraction of sp³-hybridized carbons (Fsp3) is 0.192. The van der Waals surface area contributed by atoms with Gasteiger partial charge in [-0.15, -0.1) is 0 Å². The second-order valence-electron chi connectivity index (χ2n) is 8.14. The van der Waals surface area contributed by atoms with E-state index in [0.717, 1.165) is 0 Å². The second kappa shape index (κ2) is 9.27. The Morgan fingerprint density at radius 3 is 2.46 bits per heavy atom. The third-order valence-electron chi connectivity index (χ3n) is 6.12. The van der Waals surface area contributed by atoms with Gasteiger partial charge in [-0.3, -0.25) is 23.9 Å². The molecule has 5 rings (SSSR count). The lowest BCUT2D eigenvalue weighted by atomic mass is 10.1. The molecule has 9 heteroatoms. The molecule has 0 aliphatic carbocycles. The minimum atomic E-state index is -0.540. The molecule has 0 atom stereocenters. The highest BCUT2D eigenvalue weighted by molar-refractivity contribution is 5.98. The van der Waals surface area contributed by atoms with E-state index in [1.165, 1.54) is 10.8 Å². The smallest absolute Gasteiger partial charge is 0.289 e. The zero-order valence-electron chi connectivity index (χ0n) is 18.8. The summed E-state index contributed by atoms with van der Waals surface area (Å²) in [5, 5.41) is 9.95. The Bertz CT molecular complexity index is 1490. The lowest BCUT2D eigenvalue weighted by molar-refractivity contribution is 0.0714. The average molecular weight is 467 g/mol. The molecule has 3 aromatic heterocycles. The number of amides is 1. The predicted molar refractivity (Wildman–Crippen MR) is 128 cm³/mol. The molecule has 1 aliphatic heterocycles. The predicted octanol–water partition coefficient (Wildman–Crippen LogP) is 2.71. The van der Waals surface area contributed by atoms with Crippen LogP contribution in [0.25, 0.3) is 11.0 Å². The molecule has 0 N–H and O–H groups in total. The van der Waals surface area contributed by atoms with Crippen LogP contribution in [0.15, 0.2) is 76.3 Å². The first-order chi connectivity index (χ1) is 17.1. The van der Waals surface area contributed by atoms with Gasteiger partial charge in [0.2, 0.25) is 0 Å². The fourth-order valence-corrected chi connectivity index (χ4v) is 4.37. The number of benzene rings is 1.